The molecule has 0 saturated carbocycles. The number of nitrogens with zero attached hydrogens (tertiary/aromatic N) is 5. The van der Waals surface area contributed by atoms with Gasteiger partial charge in [0.05, 0.1) is 5.52 Å². The average molecular weight is 578 g/mol. The molecule has 0 unspecified atom stereocenters. The van der Waals surface area contributed by atoms with Gasteiger partial charge in [-0.15, -0.1) is 5.10 Å². The zero-order valence-electron chi connectivity index (χ0n) is 23.4. The molecule has 0 atom stereocenters. The van der Waals surface area contributed by atoms with E-state index in [1.54, 1.807) is 27.8 Å². The maximum absolute atomic E-state index is 14.5. The summed E-state index contributed by atoms with van der Waals surface area (Å²) in [6.07, 6.45) is 1.81. The van der Waals surface area contributed by atoms with Crippen LogP contribution in [0.4, 0.5) is 14.5 Å². The molecule has 2 amide bonds. The normalized spacial score (nSPS) is 15.7. The van der Waals surface area contributed by atoms with Crippen molar-refractivity contribution in [3.05, 3.63) is 125 Å². The van der Waals surface area contributed by atoms with Crippen molar-refractivity contribution >= 4 is 28.5 Å². The summed E-state index contributed by atoms with van der Waals surface area (Å²) < 4.78 is 29.7. The molecule has 1 aromatic heterocycles. The van der Waals surface area contributed by atoms with Gasteiger partial charge in [0.2, 0.25) is 5.91 Å². The predicted molar refractivity (Wildman–Crippen MR) is 159 cm³/mol. The van der Waals surface area contributed by atoms with Gasteiger partial charge in [0.15, 0.2) is 0 Å². The third-order valence-corrected chi connectivity index (χ3v) is 8.79. The van der Waals surface area contributed by atoms with Gasteiger partial charge in [0.25, 0.3) is 5.91 Å². The van der Waals surface area contributed by atoms with Gasteiger partial charge in [-0.05, 0) is 90.6 Å². The predicted octanol–water partition coefficient (Wildman–Crippen LogP) is 5.52. The van der Waals surface area contributed by atoms with Crippen molar-refractivity contribution < 1.29 is 18.4 Å². The lowest BCUT2D eigenvalue weighted by atomic mass is 9.74. The molecule has 4 aromatic carbocycles. The third kappa shape index (κ3) is 5.05. The number of carbonyl (C=O) groups is 2. The molecule has 1 spiro atoms. The van der Waals surface area contributed by atoms with Crippen LogP contribution in [-0.2, 0) is 23.2 Å². The summed E-state index contributed by atoms with van der Waals surface area (Å²) in [6, 6.07) is 26.0. The fraction of sp³-hybridized carbons (Fsp3) is 0.235. The highest BCUT2D eigenvalue weighted by Crippen LogP contribution is 2.47. The van der Waals surface area contributed by atoms with Crippen LogP contribution in [0, 0.1) is 11.6 Å². The zero-order valence-corrected chi connectivity index (χ0v) is 23.4. The summed E-state index contributed by atoms with van der Waals surface area (Å²) in [6.45, 7) is 1.44. The van der Waals surface area contributed by atoms with Crippen LogP contribution in [0.2, 0.25) is 0 Å². The van der Waals surface area contributed by atoms with Crippen molar-refractivity contribution in [2.24, 2.45) is 0 Å². The molecule has 2 aliphatic heterocycles. The van der Waals surface area contributed by atoms with Crippen LogP contribution in [-0.4, -0.2) is 51.3 Å². The standard InChI is InChI=1S/C34H29F2N5O2/c35-26-5-3-4-24(19-26)18-23-8-10-25(11-9-23)33(43)39-16-14-34(15-17-39)22-40(30-13-12-27(36)20-28(30)34)32(42)21-41-31-7-2-1-6-29(31)37-38-41/h1-13,19-20H,14-18,21-22H2. The van der Waals surface area contributed by atoms with E-state index in [1.165, 1.54) is 18.2 Å². The van der Waals surface area contributed by atoms with Gasteiger partial charge in [-0.2, -0.15) is 0 Å². The van der Waals surface area contributed by atoms with Crippen LogP contribution in [0.15, 0.2) is 91.0 Å². The van der Waals surface area contributed by atoms with E-state index in [0.717, 1.165) is 22.2 Å². The fourth-order valence-corrected chi connectivity index (χ4v) is 6.51. The molecule has 5 aromatic rings. The molecule has 216 valence electrons. The molecule has 2 aliphatic rings. The first-order chi connectivity index (χ1) is 20.9. The van der Waals surface area contributed by atoms with E-state index >= 15 is 0 Å². The Kier molecular flexibility index (Phi) is 6.72. The Balaban J connectivity index is 1.05. The number of halogens is 2. The Morgan fingerprint density at radius 2 is 1.58 bits per heavy atom. The number of para-hydroxylation sites is 1. The number of benzene rings is 4. The third-order valence-electron chi connectivity index (χ3n) is 8.79. The van der Waals surface area contributed by atoms with Crippen molar-refractivity contribution in [3.8, 4) is 0 Å². The Labute approximate surface area is 247 Å². The van der Waals surface area contributed by atoms with Crippen molar-refractivity contribution in [3.63, 3.8) is 0 Å². The lowest BCUT2D eigenvalue weighted by Gasteiger charge is -2.40. The number of fused-ring (bicyclic) bond motifs is 3. The minimum absolute atomic E-state index is 0.0211. The number of rotatable bonds is 5. The molecular formula is C34H29F2N5O2. The van der Waals surface area contributed by atoms with E-state index < -0.39 is 5.41 Å². The number of piperidine rings is 1. The summed E-state index contributed by atoms with van der Waals surface area (Å²) in [5.41, 5.74) is 5.04. The topological polar surface area (TPSA) is 71.3 Å². The first-order valence-electron chi connectivity index (χ1n) is 14.4. The maximum Gasteiger partial charge on any atom is 0.253 e. The molecule has 7 rings (SSSR count). The minimum atomic E-state index is -0.441. The van der Waals surface area contributed by atoms with Gasteiger partial charge in [-0.3, -0.25) is 9.59 Å². The molecule has 3 heterocycles. The highest BCUT2D eigenvalue weighted by Gasteiger charge is 2.47. The molecule has 0 aliphatic carbocycles. The van der Waals surface area contributed by atoms with Crippen molar-refractivity contribution in [2.45, 2.75) is 31.2 Å². The van der Waals surface area contributed by atoms with E-state index in [0.29, 0.717) is 55.7 Å². The van der Waals surface area contributed by atoms with Gasteiger partial charge in [0, 0.05) is 36.3 Å². The quantitative estimate of drug-likeness (QED) is 0.276. The van der Waals surface area contributed by atoms with E-state index in [9.17, 15) is 18.4 Å². The number of likely N-dealkylation sites (tertiary alicyclic amines) is 1. The van der Waals surface area contributed by atoms with E-state index in [2.05, 4.69) is 10.3 Å². The Hall–Kier alpha value is -4.92. The van der Waals surface area contributed by atoms with Gasteiger partial charge in [-0.25, -0.2) is 13.5 Å². The smallest absolute Gasteiger partial charge is 0.253 e. The second kappa shape index (κ2) is 10.7. The Bertz CT molecular complexity index is 1840. The monoisotopic (exact) mass is 577 g/mol. The van der Waals surface area contributed by atoms with Gasteiger partial charge in [0.1, 0.15) is 23.7 Å². The van der Waals surface area contributed by atoms with E-state index in [-0.39, 0.29) is 30.0 Å². The summed E-state index contributed by atoms with van der Waals surface area (Å²) >= 11 is 0. The summed E-state index contributed by atoms with van der Waals surface area (Å²) in [7, 11) is 0. The van der Waals surface area contributed by atoms with E-state index in [4.69, 9.17) is 0 Å². The summed E-state index contributed by atoms with van der Waals surface area (Å²) in [5.74, 6) is -0.810. The minimum Gasteiger partial charge on any atom is -0.339 e. The van der Waals surface area contributed by atoms with Crippen molar-refractivity contribution in [1.82, 2.24) is 19.9 Å². The average Bonchev–Trinajstić information content (AvgIpc) is 3.56. The largest absolute Gasteiger partial charge is 0.339 e. The number of hydrogen-bond donors (Lipinski definition) is 0. The van der Waals surface area contributed by atoms with Gasteiger partial charge >= 0.3 is 0 Å². The maximum atomic E-state index is 14.5. The molecule has 1 saturated heterocycles. The van der Waals surface area contributed by atoms with Crippen LogP contribution in [0.1, 0.15) is 39.9 Å². The van der Waals surface area contributed by atoms with Crippen LogP contribution in [0.5, 0.6) is 0 Å². The van der Waals surface area contributed by atoms with Gasteiger partial charge < -0.3 is 9.80 Å². The van der Waals surface area contributed by atoms with Crippen LogP contribution >= 0.6 is 0 Å². The van der Waals surface area contributed by atoms with Crippen LogP contribution < -0.4 is 4.90 Å². The lowest BCUT2D eigenvalue weighted by Crippen LogP contribution is -2.48. The Morgan fingerprint density at radius 1 is 0.814 bits per heavy atom. The highest BCUT2D eigenvalue weighted by molar-refractivity contribution is 5.97. The first-order valence-corrected chi connectivity index (χ1v) is 14.4. The number of carbonyl (C=O) groups excluding carboxylic acids is 2. The number of amides is 2. The molecule has 7 nitrogen and oxygen atoms in total. The zero-order chi connectivity index (χ0) is 29.6. The summed E-state index contributed by atoms with van der Waals surface area (Å²) in [5, 5.41) is 8.32. The first kappa shape index (κ1) is 26.9. The van der Waals surface area contributed by atoms with Crippen LogP contribution in [0.25, 0.3) is 11.0 Å². The van der Waals surface area contributed by atoms with Crippen molar-refractivity contribution in [2.75, 3.05) is 24.5 Å². The number of hydrogen-bond acceptors (Lipinski definition) is 4. The van der Waals surface area contributed by atoms with E-state index in [1.807, 2.05) is 59.5 Å². The molecule has 9 heteroatoms. The molecule has 43 heavy (non-hydrogen) atoms. The summed E-state index contributed by atoms with van der Waals surface area (Å²) in [4.78, 5) is 30.6. The fourth-order valence-electron chi connectivity index (χ4n) is 6.51. The number of aromatic nitrogens is 3. The highest BCUT2D eigenvalue weighted by atomic mass is 19.1. The Morgan fingerprint density at radius 3 is 2.37 bits per heavy atom. The molecule has 0 bridgehead atoms. The second-order valence-electron chi connectivity index (χ2n) is 11.5. The lowest BCUT2D eigenvalue weighted by molar-refractivity contribution is -0.119. The molecule has 1 fully saturated rings. The second-order valence-corrected chi connectivity index (χ2v) is 11.5. The molecular weight excluding hydrogens is 548 g/mol. The molecule has 0 N–H and O–H groups in total. The molecule has 0 radical (unpaired) electrons. The van der Waals surface area contributed by atoms with Crippen LogP contribution in [0.3, 0.4) is 0 Å². The van der Waals surface area contributed by atoms with Crippen molar-refractivity contribution in [1.29, 1.82) is 0 Å². The SMILES string of the molecule is O=C(c1ccc(Cc2cccc(F)c2)cc1)N1CCC2(CC1)CN(C(=O)Cn1nnc3ccccc31)c1ccc(F)cc12. The number of anilines is 1. The van der Waals surface area contributed by atoms with Gasteiger partial charge in [-0.1, -0.05) is 41.6 Å².